The molecule has 1 aromatic heterocycles. The third kappa shape index (κ3) is 2.16. The van der Waals surface area contributed by atoms with E-state index in [2.05, 4.69) is 20.9 Å². The van der Waals surface area contributed by atoms with E-state index >= 15 is 0 Å². The monoisotopic (exact) mass is 328 g/mol. The summed E-state index contributed by atoms with van der Waals surface area (Å²) < 4.78 is 2.37. The molecule has 2 aromatic carbocycles. The highest BCUT2D eigenvalue weighted by Gasteiger charge is 2.06. The molecule has 0 spiro atoms. The maximum absolute atomic E-state index is 12.5. The van der Waals surface area contributed by atoms with Crippen LogP contribution in [0, 0.1) is 0 Å². The zero-order valence-electron chi connectivity index (χ0n) is 10.3. The van der Waals surface area contributed by atoms with Gasteiger partial charge in [-0.15, -0.1) is 0 Å². The molecule has 0 aliphatic rings. The minimum absolute atomic E-state index is 0.162. The van der Waals surface area contributed by atoms with Crippen LogP contribution in [-0.2, 0) is 0 Å². The van der Waals surface area contributed by atoms with Gasteiger partial charge in [-0.05, 0) is 30.3 Å². The Bertz CT molecular complexity index is 871. The fourth-order valence-corrected chi connectivity index (χ4v) is 2.41. The van der Waals surface area contributed by atoms with Crippen LogP contribution in [0.5, 0.6) is 0 Å². The van der Waals surface area contributed by atoms with E-state index in [4.69, 9.17) is 0 Å². The molecule has 0 N–H and O–H groups in total. The zero-order chi connectivity index (χ0) is 14.1. The SMILES string of the molecule is O=Cc1ccc2c(=O)n(-c3cccc(Br)c3)cnc2c1. The summed E-state index contributed by atoms with van der Waals surface area (Å²) in [5.41, 5.74) is 1.60. The second kappa shape index (κ2) is 5.02. The molecule has 0 aliphatic carbocycles. The van der Waals surface area contributed by atoms with Crippen LogP contribution >= 0.6 is 15.9 Å². The van der Waals surface area contributed by atoms with Crippen LogP contribution in [0.1, 0.15) is 10.4 Å². The highest BCUT2D eigenvalue weighted by Crippen LogP contribution is 2.15. The van der Waals surface area contributed by atoms with Crippen molar-refractivity contribution < 1.29 is 4.79 Å². The molecule has 3 aromatic rings. The van der Waals surface area contributed by atoms with Crippen LogP contribution in [-0.4, -0.2) is 15.8 Å². The van der Waals surface area contributed by atoms with E-state index in [0.29, 0.717) is 16.5 Å². The van der Waals surface area contributed by atoms with Gasteiger partial charge in [0.25, 0.3) is 5.56 Å². The molecule has 98 valence electrons. The number of aldehydes is 1. The quantitative estimate of drug-likeness (QED) is 0.679. The Morgan fingerprint density at radius 2 is 2.00 bits per heavy atom. The van der Waals surface area contributed by atoms with Crippen molar-refractivity contribution in [3.63, 3.8) is 0 Å². The summed E-state index contributed by atoms with van der Waals surface area (Å²) in [6, 6.07) is 12.3. The summed E-state index contributed by atoms with van der Waals surface area (Å²) in [6.45, 7) is 0. The first-order chi connectivity index (χ1) is 9.69. The first-order valence-electron chi connectivity index (χ1n) is 5.91. The molecule has 20 heavy (non-hydrogen) atoms. The Labute approximate surface area is 122 Å². The highest BCUT2D eigenvalue weighted by molar-refractivity contribution is 9.10. The van der Waals surface area contributed by atoms with E-state index < -0.39 is 0 Å². The minimum Gasteiger partial charge on any atom is -0.298 e. The van der Waals surface area contributed by atoms with Crippen molar-refractivity contribution in [2.45, 2.75) is 0 Å². The van der Waals surface area contributed by atoms with Crippen molar-refractivity contribution in [2.24, 2.45) is 0 Å². The summed E-state index contributed by atoms with van der Waals surface area (Å²) in [4.78, 5) is 27.4. The van der Waals surface area contributed by atoms with E-state index in [-0.39, 0.29) is 5.56 Å². The maximum atomic E-state index is 12.5. The molecule has 1 heterocycles. The number of rotatable bonds is 2. The van der Waals surface area contributed by atoms with Crippen LogP contribution in [0.25, 0.3) is 16.6 Å². The summed E-state index contributed by atoms with van der Waals surface area (Å²) >= 11 is 3.38. The van der Waals surface area contributed by atoms with E-state index in [9.17, 15) is 9.59 Å². The van der Waals surface area contributed by atoms with Gasteiger partial charge in [0.1, 0.15) is 12.6 Å². The van der Waals surface area contributed by atoms with Gasteiger partial charge in [0.05, 0.1) is 16.6 Å². The molecule has 5 heteroatoms. The van der Waals surface area contributed by atoms with Crippen LogP contribution in [0.2, 0.25) is 0 Å². The summed E-state index contributed by atoms with van der Waals surface area (Å²) in [5, 5.41) is 0.484. The van der Waals surface area contributed by atoms with E-state index in [0.717, 1.165) is 16.4 Å². The normalized spacial score (nSPS) is 10.7. The lowest BCUT2D eigenvalue weighted by Gasteiger charge is -2.07. The first kappa shape index (κ1) is 12.7. The maximum Gasteiger partial charge on any atom is 0.265 e. The molecular formula is C15H9BrN2O2. The second-order valence-electron chi connectivity index (χ2n) is 4.29. The summed E-state index contributed by atoms with van der Waals surface area (Å²) in [6.07, 6.45) is 2.21. The molecule has 0 saturated carbocycles. The van der Waals surface area contributed by atoms with Crippen molar-refractivity contribution in [3.05, 3.63) is 69.2 Å². The number of carbonyl (C=O) groups is 1. The predicted molar refractivity (Wildman–Crippen MR) is 80.4 cm³/mol. The van der Waals surface area contributed by atoms with Gasteiger partial charge in [0.15, 0.2) is 0 Å². The average Bonchev–Trinajstić information content (AvgIpc) is 2.47. The van der Waals surface area contributed by atoms with Crippen molar-refractivity contribution in [2.75, 3.05) is 0 Å². The average molecular weight is 329 g/mol. The molecule has 0 radical (unpaired) electrons. The van der Waals surface area contributed by atoms with Gasteiger partial charge >= 0.3 is 0 Å². The van der Waals surface area contributed by atoms with Crippen molar-refractivity contribution in [1.29, 1.82) is 0 Å². The minimum atomic E-state index is -0.162. The third-order valence-corrected chi connectivity index (χ3v) is 3.50. The van der Waals surface area contributed by atoms with Gasteiger partial charge < -0.3 is 0 Å². The Hall–Kier alpha value is -2.27. The molecule has 0 unspecified atom stereocenters. The number of aromatic nitrogens is 2. The first-order valence-corrected chi connectivity index (χ1v) is 6.71. The molecule has 0 fully saturated rings. The molecule has 4 nitrogen and oxygen atoms in total. The van der Waals surface area contributed by atoms with Crippen LogP contribution in [0.4, 0.5) is 0 Å². The predicted octanol–water partition coefficient (Wildman–Crippen LogP) is 2.96. The smallest absolute Gasteiger partial charge is 0.265 e. The molecule has 0 saturated heterocycles. The highest BCUT2D eigenvalue weighted by atomic mass is 79.9. The van der Waals surface area contributed by atoms with Crippen LogP contribution in [0.3, 0.4) is 0 Å². The number of nitrogens with zero attached hydrogens (tertiary/aromatic N) is 2. The van der Waals surface area contributed by atoms with Gasteiger partial charge in [-0.1, -0.05) is 28.1 Å². The molecule has 0 amide bonds. The molecule has 0 atom stereocenters. The van der Waals surface area contributed by atoms with Crippen LogP contribution in [0.15, 0.2) is 58.1 Å². The molecule has 0 aliphatic heterocycles. The largest absolute Gasteiger partial charge is 0.298 e. The fraction of sp³-hybridized carbons (Fsp3) is 0. The lowest BCUT2D eigenvalue weighted by atomic mass is 10.1. The van der Waals surface area contributed by atoms with Gasteiger partial charge in [0.2, 0.25) is 0 Å². The standard InChI is InChI=1S/C15H9BrN2O2/c16-11-2-1-3-12(7-11)18-9-17-14-6-10(8-19)4-5-13(14)15(18)20/h1-9H. The number of carbonyl (C=O) groups excluding carboxylic acids is 1. The topological polar surface area (TPSA) is 52.0 Å². The number of benzene rings is 2. The third-order valence-electron chi connectivity index (χ3n) is 3.01. The summed E-state index contributed by atoms with van der Waals surface area (Å²) in [5.74, 6) is 0. The lowest BCUT2D eigenvalue weighted by Crippen LogP contribution is -2.18. The van der Waals surface area contributed by atoms with Crippen molar-refractivity contribution in [1.82, 2.24) is 9.55 Å². The van der Waals surface area contributed by atoms with E-state index in [1.165, 1.54) is 10.9 Å². The Kier molecular flexibility index (Phi) is 3.20. The number of halogens is 1. The van der Waals surface area contributed by atoms with E-state index in [1.807, 2.05) is 24.3 Å². The van der Waals surface area contributed by atoms with Gasteiger partial charge in [0, 0.05) is 10.0 Å². The number of hydrogen-bond acceptors (Lipinski definition) is 3. The Morgan fingerprint density at radius 3 is 2.75 bits per heavy atom. The van der Waals surface area contributed by atoms with Crippen LogP contribution < -0.4 is 5.56 Å². The zero-order valence-corrected chi connectivity index (χ0v) is 11.9. The number of fused-ring (bicyclic) bond motifs is 1. The van der Waals surface area contributed by atoms with Gasteiger partial charge in [-0.3, -0.25) is 14.2 Å². The van der Waals surface area contributed by atoms with Gasteiger partial charge in [-0.2, -0.15) is 0 Å². The fourth-order valence-electron chi connectivity index (χ4n) is 2.02. The van der Waals surface area contributed by atoms with Crippen molar-refractivity contribution >= 4 is 33.1 Å². The number of hydrogen-bond donors (Lipinski definition) is 0. The Morgan fingerprint density at radius 1 is 1.15 bits per heavy atom. The van der Waals surface area contributed by atoms with Gasteiger partial charge in [-0.25, -0.2) is 4.98 Å². The van der Waals surface area contributed by atoms with E-state index in [1.54, 1.807) is 18.2 Å². The Balaban J connectivity index is 2.26. The molecular weight excluding hydrogens is 320 g/mol. The molecule has 3 rings (SSSR count). The van der Waals surface area contributed by atoms with Crippen molar-refractivity contribution in [3.8, 4) is 5.69 Å². The molecule has 0 bridgehead atoms. The lowest BCUT2D eigenvalue weighted by molar-refractivity contribution is 0.112. The summed E-state index contributed by atoms with van der Waals surface area (Å²) in [7, 11) is 0. The second-order valence-corrected chi connectivity index (χ2v) is 5.21.